The van der Waals surface area contributed by atoms with Crippen molar-refractivity contribution in [1.29, 1.82) is 0 Å². The van der Waals surface area contributed by atoms with E-state index in [-0.39, 0.29) is 18.0 Å². The molecule has 0 aliphatic heterocycles. The van der Waals surface area contributed by atoms with Crippen LogP contribution >= 0.6 is 0 Å². The Kier molecular flexibility index (Phi) is 4.23. The number of hydrogen-bond donors (Lipinski definition) is 1. The van der Waals surface area contributed by atoms with Crippen molar-refractivity contribution >= 4 is 17.3 Å². The minimum Gasteiger partial charge on any atom is -0.326 e. The number of hydrogen-bond acceptors (Lipinski definition) is 6. The third-order valence-corrected chi connectivity index (χ3v) is 3.30. The summed E-state index contributed by atoms with van der Waals surface area (Å²) in [5.74, 6) is -0.334. The van der Waals surface area contributed by atoms with Crippen molar-refractivity contribution in [2.45, 2.75) is 6.42 Å². The molecule has 0 aliphatic rings. The molecule has 3 rings (SSSR count). The average Bonchev–Trinajstić information content (AvgIpc) is 3.10. The number of nitro benzene ring substituents is 1. The molecule has 2 aromatic carbocycles. The number of carbonyl (C=O) groups is 1. The number of tetrazole rings is 1. The number of nitrogens with one attached hydrogen (secondary N) is 1. The third-order valence-electron chi connectivity index (χ3n) is 3.30. The second-order valence-corrected chi connectivity index (χ2v) is 4.91. The van der Waals surface area contributed by atoms with E-state index in [0.717, 1.165) is 5.69 Å². The molecule has 0 saturated heterocycles. The van der Waals surface area contributed by atoms with Crippen LogP contribution in [0.3, 0.4) is 0 Å². The van der Waals surface area contributed by atoms with Crippen molar-refractivity contribution in [3.63, 3.8) is 0 Å². The number of amides is 1. The van der Waals surface area contributed by atoms with Crippen LogP contribution in [-0.2, 0) is 11.2 Å². The van der Waals surface area contributed by atoms with Gasteiger partial charge in [0.2, 0.25) is 5.91 Å². The maximum atomic E-state index is 12.1. The highest BCUT2D eigenvalue weighted by Gasteiger charge is 2.15. The van der Waals surface area contributed by atoms with Crippen LogP contribution in [0, 0.1) is 10.1 Å². The van der Waals surface area contributed by atoms with E-state index in [0.29, 0.717) is 11.3 Å². The van der Waals surface area contributed by atoms with Gasteiger partial charge >= 0.3 is 0 Å². The lowest BCUT2D eigenvalue weighted by atomic mass is 10.1. The van der Waals surface area contributed by atoms with Crippen molar-refractivity contribution in [3.8, 4) is 5.69 Å². The molecule has 0 unspecified atom stereocenters. The highest BCUT2D eigenvalue weighted by molar-refractivity contribution is 5.92. The zero-order chi connectivity index (χ0) is 16.9. The fourth-order valence-electron chi connectivity index (χ4n) is 2.19. The Morgan fingerprint density at radius 2 is 1.92 bits per heavy atom. The Hall–Kier alpha value is -3.62. The van der Waals surface area contributed by atoms with Crippen LogP contribution in [0.25, 0.3) is 5.69 Å². The average molecular weight is 324 g/mol. The van der Waals surface area contributed by atoms with Gasteiger partial charge in [-0.15, -0.1) is 5.10 Å². The van der Waals surface area contributed by atoms with Gasteiger partial charge in [-0.1, -0.05) is 18.2 Å². The molecule has 1 heterocycles. The predicted octanol–water partition coefficient (Wildman–Crippen LogP) is 1.75. The van der Waals surface area contributed by atoms with Gasteiger partial charge in [0.25, 0.3) is 5.69 Å². The van der Waals surface area contributed by atoms with Crippen LogP contribution < -0.4 is 5.32 Å². The molecule has 0 radical (unpaired) electrons. The summed E-state index contributed by atoms with van der Waals surface area (Å²) in [6, 6.07) is 13.1. The van der Waals surface area contributed by atoms with Gasteiger partial charge in [-0.3, -0.25) is 14.9 Å². The van der Waals surface area contributed by atoms with Gasteiger partial charge in [0.05, 0.1) is 17.0 Å². The molecule has 0 aliphatic carbocycles. The lowest BCUT2D eigenvalue weighted by Gasteiger charge is -2.07. The van der Waals surface area contributed by atoms with Gasteiger partial charge in [-0.05, 0) is 34.7 Å². The predicted molar refractivity (Wildman–Crippen MR) is 84.6 cm³/mol. The summed E-state index contributed by atoms with van der Waals surface area (Å²) in [7, 11) is 0. The lowest BCUT2D eigenvalue weighted by molar-refractivity contribution is -0.385. The van der Waals surface area contributed by atoms with Gasteiger partial charge in [0.15, 0.2) is 0 Å². The number of benzene rings is 2. The first-order chi connectivity index (χ1) is 11.6. The first kappa shape index (κ1) is 15.3. The molecule has 24 heavy (non-hydrogen) atoms. The van der Waals surface area contributed by atoms with Crippen LogP contribution in [0.5, 0.6) is 0 Å². The monoisotopic (exact) mass is 324 g/mol. The highest BCUT2D eigenvalue weighted by Crippen LogP contribution is 2.19. The summed E-state index contributed by atoms with van der Waals surface area (Å²) in [5, 5.41) is 24.5. The van der Waals surface area contributed by atoms with E-state index in [9.17, 15) is 14.9 Å². The molecule has 0 spiro atoms. The van der Waals surface area contributed by atoms with Crippen molar-refractivity contribution in [2.24, 2.45) is 0 Å². The summed E-state index contributed by atoms with van der Waals surface area (Å²) in [6.07, 6.45) is 1.38. The van der Waals surface area contributed by atoms with Gasteiger partial charge in [0.1, 0.15) is 6.33 Å². The molecule has 3 aromatic rings. The Balaban J connectivity index is 1.68. The molecular weight excluding hydrogens is 312 g/mol. The quantitative estimate of drug-likeness (QED) is 0.564. The SMILES string of the molecule is O=C(Cc1ccccc1[N+](=O)[O-])Nc1ccc(-n2cnnn2)cc1. The molecule has 1 aromatic heterocycles. The molecule has 0 atom stereocenters. The molecule has 120 valence electrons. The minimum absolute atomic E-state index is 0.0679. The van der Waals surface area contributed by atoms with Gasteiger partial charge in [0, 0.05) is 17.3 Å². The Morgan fingerprint density at radius 3 is 2.58 bits per heavy atom. The number of aromatic nitrogens is 4. The Labute approximate surface area is 136 Å². The molecule has 1 N–H and O–H groups in total. The maximum Gasteiger partial charge on any atom is 0.273 e. The molecule has 0 bridgehead atoms. The van der Waals surface area contributed by atoms with Crippen LogP contribution in [0.15, 0.2) is 54.9 Å². The van der Waals surface area contributed by atoms with E-state index < -0.39 is 4.92 Å². The number of nitro groups is 1. The van der Waals surface area contributed by atoms with Crippen LogP contribution in [0.4, 0.5) is 11.4 Å². The fourth-order valence-corrected chi connectivity index (χ4v) is 2.19. The Morgan fingerprint density at radius 1 is 1.17 bits per heavy atom. The normalized spacial score (nSPS) is 10.3. The zero-order valence-electron chi connectivity index (χ0n) is 12.4. The second kappa shape index (κ2) is 6.65. The smallest absolute Gasteiger partial charge is 0.273 e. The number of nitrogens with zero attached hydrogens (tertiary/aromatic N) is 5. The molecule has 9 nitrogen and oxygen atoms in total. The largest absolute Gasteiger partial charge is 0.326 e. The summed E-state index contributed by atoms with van der Waals surface area (Å²) in [6.45, 7) is 0. The fraction of sp³-hybridized carbons (Fsp3) is 0.0667. The van der Waals surface area contributed by atoms with E-state index in [1.807, 2.05) is 0 Å². The summed E-state index contributed by atoms with van der Waals surface area (Å²) >= 11 is 0. The standard InChI is InChI=1S/C15H12N6O3/c22-15(9-11-3-1-2-4-14(11)21(23)24)17-12-5-7-13(8-6-12)20-10-16-18-19-20/h1-8,10H,9H2,(H,17,22). The summed E-state index contributed by atoms with van der Waals surface area (Å²) < 4.78 is 1.49. The lowest BCUT2D eigenvalue weighted by Crippen LogP contribution is -2.15. The summed E-state index contributed by atoms with van der Waals surface area (Å²) in [5.41, 5.74) is 1.62. The van der Waals surface area contributed by atoms with Crippen molar-refractivity contribution in [1.82, 2.24) is 20.2 Å². The zero-order valence-corrected chi connectivity index (χ0v) is 12.4. The van der Waals surface area contributed by atoms with E-state index >= 15 is 0 Å². The topological polar surface area (TPSA) is 116 Å². The van der Waals surface area contributed by atoms with E-state index in [1.54, 1.807) is 42.5 Å². The van der Waals surface area contributed by atoms with Crippen molar-refractivity contribution in [2.75, 3.05) is 5.32 Å². The molecule has 0 fully saturated rings. The second-order valence-electron chi connectivity index (χ2n) is 4.91. The third kappa shape index (κ3) is 3.40. The van der Waals surface area contributed by atoms with Crippen LogP contribution in [0.2, 0.25) is 0 Å². The van der Waals surface area contributed by atoms with Gasteiger partial charge < -0.3 is 5.32 Å². The van der Waals surface area contributed by atoms with Crippen molar-refractivity contribution in [3.05, 3.63) is 70.5 Å². The molecular formula is C15H12N6O3. The van der Waals surface area contributed by atoms with Crippen LogP contribution in [0.1, 0.15) is 5.56 Å². The maximum absolute atomic E-state index is 12.1. The molecule has 1 amide bonds. The first-order valence-corrected chi connectivity index (χ1v) is 6.99. The number of anilines is 1. The van der Waals surface area contributed by atoms with E-state index in [4.69, 9.17) is 0 Å². The number of para-hydroxylation sites is 1. The number of rotatable bonds is 5. The molecule has 0 saturated carbocycles. The minimum atomic E-state index is -0.496. The van der Waals surface area contributed by atoms with Gasteiger partial charge in [-0.25, -0.2) is 4.68 Å². The van der Waals surface area contributed by atoms with Crippen LogP contribution in [-0.4, -0.2) is 31.0 Å². The highest BCUT2D eigenvalue weighted by atomic mass is 16.6. The Bertz CT molecular complexity index is 861. The van der Waals surface area contributed by atoms with Crippen molar-refractivity contribution < 1.29 is 9.72 Å². The molecule has 9 heteroatoms. The van der Waals surface area contributed by atoms with Gasteiger partial charge in [-0.2, -0.15) is 0 Å². The van der Waals surface area contributed by atoms with E-state index in [1.165, 1.54) is 17.1 Å². The number of carbonyl (C=O) groups excluding carboxylic acids is 1. The first-order valence-electron chi connectivity index (χ1n) is 6.99. The summed E-state index contributed by atoms with van der Waals surface area (Å²) in [4.78, 5) is 22.6. The van der Waals surface area contributed by atoms with E-state index in [2.05, 4.69) is 20.8 Å².